The van der Waals surface area contributed by atoms with Gasteiger partial charge in [0.25, 0.3) is 0 Å². The quantitative estimate of drug-likeness (QED) is 0.886. The lowest BCUT2D eigenvalue weighted by atomic mass is 10.1. The summed E-state index contributed by atoms with van der Waals surface area (Å²) in [5, 5.41) is 22.1. The van der Waals surface area contributed by atoms with Gasteiger partial charge in [0.1, 0.15) is 0 Å². The number of benzene rings is 1. The van der Waals surface area contributed by atoms with Crippen LogP contribution in [0.4, 0.5) is 0 Å². The van der Waals surface area contributed by atoms with Gasteiger partial charge in [-0.3, -0.25) is 0 Å². The normalized spacial score (nSPS) is 13.7. The monoisotopic (exact) mass is 306 g/mol. The van der Waals surface area contributed by atoms with Gasteiger partial charge < -0.3 is 10.4 Å². The van der Waals surface area contributed by atoms with Crippen LogP contribution < -0.4 is 5.32 Å². The van der Waals surface area contributed by atoms with Gasteiger partial charge in [-0.2, -0.15) is 5.26 Å². The highest BCUT2D eigenvalue weighted by Gasteiger charge is 2.12. The fraction of sp³-hybridized carbons (Fsp3) is 0.267. The van der Waals surface area contributed by atoms with Gasteiger partial charge in [-0.25, -0.2) is 0 Å². The molecule has 1 aromatic heterocycles. The smallest absolute Gasteiger partial charge is 0.0991 e. The fourth-order valence-electron chi connectivity index (χ4n) is 1.85. The Morgan fingerprint density at radius 3 is 2.55 bits per heavy atom. The molecule has 2 aromatic rings. The van der Waals surface area contributed by atoms with E-state index in [0.717, 1.165) is 14.8 Å². The van der Waals surface area contributed by atoms with Crippen molar-refractivity contribution in [3.63, 3.8) is 0 Å². The first-order valence-corrected chi connectivity index (χ1v) is 7.46. The number of halogens is 1. The summed E-state index contributed by atoms with van der Waals surface area (Å²) in [6.07, 6.45) is -0.597. The highest BCUT2D eigenvalue weighted by Crippen LogP contribution is 2.27. The fourth-order valence-corrected chi connectivity index (χ4v) is 2.94. The molecule has 0 saturated carbocycles. The number of thiophene rings is 1. The summed E-state index contributed by atoms with van der Waals surface area (Å²) < 4.78 is 0.765. The van der Waals surface area contributed by atoms with Crippen LogP contribution in [0, 0.1) is 11.3 Å². The number of aliphatic hydroxyl groups is 1. The van der Waals surface area contributed by atoms with Gasteiger partial charge in [0, 0.05) is 17.5 Å². The van der Waals surface area contributed by atoms with Crippen molar-refractivity contribution in [2.24, 2.45) is 0 Å². The maximum Gasteiger partial charge on any atom is 0.0991 e. The molecule has 2 unspecified atom stereocenters. The highest BCUT2D eigenvalue weighted by atomic mass is 35.5. The van der Waals surface area contributed by atoms with Crippen molar-refractivity contribution in [1.82, 2.24) is 5.32 Å². The summed E-state index contributed by atoms with van der Waals surface area (Å²) in [6.45, 7) is 2.48. The molecule has 0 saturated heterocycles. The molecule has 0 aliphatic rings. The first kappa shape index (κ1) is 15.0. The molecule has 5 heteroatoms. The van der Waals surface area contributed by atoms with E-state index in [1.165, 1.54) is 11.3 Å². The minimum atomic E-state index is -0.597. The van der Waals surface area contributed by atoms with Crippen molar-refractivity contribution >= 4 is 22.9 Å². The number of nitriles is 1. The van der Waals surface area contributed by atoms with Crippen LogP contribution >= 0.6 is 22.9 Å². The van der Waals surface area contributed by atoms with E-state index in [1.807, 2.05) is 19.1 Å². The standard InChI is InChI=1S/C15H15ClN2OS/c1-10(14-6-7-15(16)20-14)18-9-13(19)12-4-2-11(8-17)3-5-12/h2-7,10,13,18-19H,9H2,1H3. The van der Waals surface area contributed by atoms with Crippen LogP contribution in [0.15, 0.2) is 36.4 Å². The Morgan fingerprint density at radius 1 is 1.30 bits per heavy atom. The maximum atomic E-state index is 10.1. The highest BCUT2D eigenvalue weighted by molar-refractivity contribution is 7.16. The van der Waals surface area contributed by atoms with Gasteiger partial charge in [0.05, 0.1) is 22.1 Å². The minimum Gasteiger partial charge on any atom is -0.387 e. The Balaban J connectivity index is 1.91. The number of nitrogens with one attached hydrogen (secondary N) is 1. The number of rotatable bonds is 5. The second-order valence-electron chi connectivity index (χ2n) is 4.52. The van der Waals surface area contributed by atoms with Crippen LogP contribution in [0.25, 0.3) is 0 Å². The van der Waals surface area contributed by atoms with Gasteiger partial charge in [-0.1, -0.05) is 23.7 Å². The topological polar surface area (TPSA) is 56.0 Å². The molecular formula is C15H15ClN2OS. The van der Waals surface area contributed by atoms with E-state index in [2.05, 4.69) is 11.4 Å². The lowest BCUT2D eigenvalue weighted by molar-refractivity contribution is 0.171. The van der Waals surface area contributed by atoms with Crippen LogP contribution in [0.3, 0.4) is 0 Å². The molecule has 2 N–H and O–H groups in total. The van der Waals surface area contributed by atoms with Gasteiger partial charge in [0.2, 0.25) is 0 Å². The van der Waals surface area contributed by atoms with E-state index >= 15 is 0 Å². The Labute approximate surface area is 127 Å². The summed E-state index contributed by atoms with van der Waals surface area (Å²) in [5.74, 6) is 0. The number of hydrogen-bond acceptors (Lipinski definition) is 4. The lowest BCUT2D eigenvalue weighted by Gasteiger charge is -2.16. The van der Waals surface area contributed by atoms with E-state index in [1.54, 1.807) is 24.3 Å². The third kappa shape index (κ3) is 3.81. The molecule has 0 spiro atoms. The average molecular weight is 307 g/mol. The molecular weight excluding hydrogens is 292 g/mol. The molecule has 20 heavy (non-hydrogen) atoms. The molecule has 1 heterocycles. The molecule has 0 bridgehead atoms. The summed E-state index contributed by atoms with van der Waals surface area (Å²) in [5.41, 5.74) is 1.39. The van der Waals surface area contributed by atoms with Crippen LogP contribution in [0.1, 0.15) is 35.1 Å². The van der Waals surface area contributed by atoms with Crippen LogP contribution in [0.2, 0.25) is 4.34 Å². The van der Waals surface area contributed by atoms with Crippen molar-refractivity contribution in [3.8, 4) is 6.07 Å². The third-order valence-corrected chi connectivity index (χ3v) is 4.48. The van der Waals surface area contributed by atoms with Crippen molar-refractivity contribution in [1.29, 1.82) is 5.26 Å². The predicted molar refractivity (Wildman–Crippen MR) is 81.9 cm³/mol. The minimum absolute atomic E-state index is 0.139. The molecule has 0 radical (unpaired) electrons. The average Bonchev–Trinajstić information content (AvgIpc) is 2.91. The van der Waals surface area contributed by atoms with Gasteiger partial charge in [-0.15, -0.1) is 11.3 Å². The molecule has 1 aromatic carbocycles. The van der Waals surface area contributed by atoms with Crippen molar-refractivity contribution in [3.05, 3.63) is 56.7 Å². The molecule has 2 atom stereocenters. The van der Waals surface area contributed by atoms with E-state index in [0.29, 0.717) is 12.1 Å². The summed E-state index contributed by atoms with van der Waals surface area (Å²) in [4.78, 5) is 1.14. The molecule has 3 nitrogen and oxygen atoms in total. The third-order valence-electron chi connectivity index (χ3n) is 3.06. The van der Waals surface area contributed by atoms with E-state index in [-0.39, 0.29) is 6.04 Å². The Morgan fingerprint density at radius 2 is 2.00 bits per heavy atom. The van der Waals surface area contributed by atoms with Crippen molar-refractivity contribution < 1.29 is 5.11 Å². The van der Waals surface area contributed by atoms with Crippen LogP contribution in [-0.2, 0) is 0 Å². The SMILES string of the molecule is CC(NCC(O)c1ccc(C#N)cc1)c1ccc(Cl)s1. The molecule has 2 rings (SSSR count). The Hall–Kier alpha value is -1.38. The first-order chi connectivity index (χ1) is 9.60. The zero-order valence-electron chi connectivity index (χ0n) is 11.0. The predicted octanol–water partition coefficient (Wildman–Crippen LogP) is 3.66. The van der Waals surface area contributed by atoms with Crippen molar-refractivity contribution in [2.75, 3.05) is 6.54 Å². The van der Waals surface area contributed by atoms with Gasteiger partial charge in [-0.05, 0) is 36.8 Å². The number of hydrogen-bond donors (Lipinski definition) is 2. The van der Waals surface area contributed by atoms with Gasteiger partial charge >= 0.3 is 0 Å². The summed E-state index contributed by atoms with van der Waals surface area (Å²) in [7, 11) is 0. The number of aliphatic hydroxyl groups excluding tert-OH is 1. The van der Waals surface area contributed by atoms with Crippen LogP contribution in [-0.4, -0.2) is 11.7 Å². The second-order valence-corrected chi connectivity index (χ2v) is 6.27. The zero-order valence-corrected chi connectivity index (χ0v) is 12.6. The zero-order chi connectivity index (χ0) is 14.5. The van der Waals surface area contributed by atoms with E-state index in [4.69, 9.17) is 16.9 Å². The summed E-state index contributed by atoms with van der Waals surface area (Å²) in [6, 6.07) is 13.0. The molecule has 104 valence electrons. The largest absolute Gasteiger partial charge is 0.387 e. The first-order valence-electron chi connectivity index (χ1n) is 6.27. The van der Waals surface area contributed by atoms with Crippen LogP contribution in [0.5, 0.6) is 0 Å². The second kappa shape index (κ2) is 6.87. The molecule has 0 aliphatic heterocycles. The van der Waals surface area contributed by atoms with E-state index < -0.39 is 6.10 Å². The summed E-state index contributed by atoms with van der Waals surface area (Å²) >= 11 is 7.44. The Bertz CT molecular complexity index is 603. The van der Waals surface area contributed by atoms with Crippen molar-refractivity contribution in [2.45, 2.75) is 19.1 Å². The Kier molecular flexibility index (Phi) is 5.16. The lowest BCUT2D eigenvalue weighted by Crippen LogP contribution is -2.24. The number of nitrogens with zero attached hydrogens (tertiary/aromatic N) is 1. The van der Waals surface area contributed by atoms with Gasteiger partial charge in [0.15, 0.2) is 0 Å². The molecule has 0 aliphatic carbocycles. The van der Waals surface area contributed by atoms with E-state index in [9.17, 15) is 5.11 Å². The molecule has 0 amide bonds. The maximum absolute atomic E-state index is 10.1. The molecule has 0 fully saturated rings.